The molecule has 1 amide bonds. The van der Waals surface area contributed by atoms with Gasteiger partial charge in [0.05, 0.1) is 24.2 Å². The molecule has 0 saturated carbocycles. The quantitative estimate of drug-likeness (QED) is 0.854. The molecule has 0 spiro atoms. The molecule has 3 rings (SSSR count). The number of nitrogens with zero attached hydrogens (tertiary/aromatic N) is 3. The number of hydrogen-bond acceptors (Lipinski definition) is 3. The number of para-hydroxylation sites is 2. The number of morpholine rings is 1. The number of benzene rings is 1. The van der Waals surface area contributed by atoms with Crippen LogP contribution in [0.3, 0.4) is 0 Å². The summed E-state index contributed by atoms with van der Waals surface area (Å²) in [6, 6.07) is 8.01. The normalized spacial score (nSPS) is 16.2. The molecule has 0 unspecified atom stereocenters. The van der Waals surface area contributed by atoms with E-state index in [4.69, 9.17) is 9.72 Å². The lowest BCUT2D eigenvalue weighted by Crippen LogP contribution is -2.42. The van der Waals surface area contributed by atoms with Crippen LogP contribution in [-0.4, -0.2) is 46.7 Å². The van der Waals surface area contributed by atoms with Crippen LogP contribution in [0.15, 0.2) is 24.3 Å². The highest BCUT2D eigenvalue weighted by molar-refractivity contribution is 5.81. The first-order valence-electron chi connectivity index (χ1n) is 7.78. The highest BCUT2D eigenvalue weighted by Crippen LogP contribution is 2.26. The summed E-state index contributed by atoms with van der Waals surface area (Å²) in [5, 5.41) is 0. The second-order valence-electron chi connectivity index (χ2n) is 6.75. The van der Waals surface area contributed by atoms with Crippen molar-refractivity contribution in [2.75, 3.05) is 26.3 Å². The molecule has 0 aliphatic carbocycles. The summed E-state index contributed by atoms with van der Waals surface area (Å²) in [6.07, 6.45) is 0. The maximum atomic E-state index is 12.6. The molecule has 0 atom stereocenters. The fraction of sp³-hybridized carbons (Fsp3) is 0.529. The van der Waals surface area contributed by atoms with Crippen molar-refractivity contribution in [1.29, 1.82) is 0 Å². The van der Waals surface area contributed by atoms with Crippen LogP contribution < -0.4 is 0 Å². The Morgan fingerprint density at radius 2 is 1.91 bits per heavy atom. The summed E-state index contributed by atoms with van der Waals surface area (Å²) in [4.78, 5) is 19.2. The van der Waals surface area contributed by atoms with Gasteiger partial charge in [0.25, 0.3) is 0 Å². The zero-order chi connectivity index (χ0) is 15.7. The highest BCUT2D eigenvalue weighted by Gasteiger charge is 2.25. The van der Waals surface area contributed by atoms with Crippen molar-refractivity contribution in [3.8, 4) is 0 Å². The predicted molar refractivity (Wildman–Crippen MR) is 85.8 cm³/mol. The van der Waals surface area contributed by atoms with Gasteiger partial charge in [0.1, 0.15) is 12.4 Å². The number of amides is 1. The first kappa shape index (κ1) is 15.0. The molecule has 5 nitrogen and oxygen atoms in total. The van der Waals surface area contributed by atoms with Crippen LogP contribution in [0, 0.1) is 0 Å². The molecule has 5 heteroatoms. The van der Waals surface area contributed by atoms with Crippen LogP contribution in [-0.2, 0) is 21.5 Å². The molecular weight excluding hydrogens is 278 g/mol. The lowest BCUT2D eigenvalue weighted by atomic mass is 9.95. The number of ether oxygens (including phenoxy) is 1. The molecule has 118 valence electrons. The number of fused-ring (bicyclic) bond motifs is 1. The zero-order valence-corrected chi connectivity index (χ0v) is 13.5. The van der Waals surface area contributed by atoms with E-state index >= 15 is 0 Å². The van der Waals surface area contributed by atoms with Gasteiger partial charge in [-0.2, -0.15) is 0 Å². The van der Waals surface area contributed by atoms with Gasteiger partial charge in [-0.3, -0.25) is 4.79 Å². The lowest BCUT2D eigenvalue weighted by molar-refractivity contribution is -0.135. The maximum absolute atomic E-state index is 12.6. The van der Waals surface area contributed by atoms with Crippen LogP contribution in [0.4, 0.5) is 0 Å². The van der Waals surface area contributed by atoms with Gasteiger partial charge in [0.15, 0.2) is 0 Å². The van der Waals surface area contributed by atoms with Crippen molar-refractivity contribution < 1.29 is 9.53 Å². The number of carbonyl (C=O) groups excluding carboxylic acids is 1. The molecule has 1 aromatic carbocycles. The third-order valence-corrected chi connectivity index (χ3v) is 3.98. The van der Waals surface area contributed by atoms with E-state index < -0.39 is 0 Å². The molecule has 0 bridgehead atoms. The van der Waals surface area contributed by atoms with Crippen molar-refractivity contribution in [1.82, 2.24) is 14.5 Å². The number of imidazole rings is 1. The SMILES string of the molecule is CC(C)(C)c1nc2ccccc2n1CC(=O)N1CCOCC1. The summed E-state index contributed by atoms with van der Waals surface area (Å²) < 4.78 is 7.38. The van der Waals surface area contributed by atoms with Gasteiger partial charge in [-0.05, 0) is 12.1 Å². The van der Waals surface area contributed by atoms with Crippen LogP contribution in [0.5, 0.6) is 0 Å². The Labute approximate surface area is 130 Å². The van der Waals surface area contributed by atoms with Crippen LogP contribution >= 0.6 is 0 Å². The fourth-order valence-electron chi connectivity index (χ4n) is 2.86. The second-order valence-corrected chi connectivity index (χ2v) is 6.75. The van der Waals surface area contributed by atoms with E-state index in [0.717, 1.165) is 16.9 Å². The molecule has 1 saturated heterocycles. The van der Waals surface area contributed by atoms with E-state index in [1.807, 2.05) is 29.2 Å². The van der Waals surface area contributed by atoms with Crippen LogP contribution in [0.2, 0.25) is 0 Å². The van der Waals surface area contributed by atoms with Gasteiger partial charge < -0.3 is 14.2 Å². The van der Waals surface area contributed by atoms with Gasteiger partial charge in [-0.25, -0.2) is 4.98 Å². The van der Waals surface area contributed by atoms with Crippen molar-refractivity contribution in [2.45, 2.75) is 32.7 Å². The molecule has 22 heavy (non-hydrogen) atoms. The van der Waals surface area contributed by atoms with E-state index in [1.165, 1.54) is 0 Å². The molecule has 0 radical (unpaired) electrons. The van der Waals surface area contributed by atoms with E-state index in [9.17, 15) is 4.79 Å². The summed E-state index contributed by atoms with van der Waals surface area (Å²) >= 11 is 0. The van der Waals surface area contributed by atoms with Crippen molar-refractivity contribution in [3.05, 3.63) is 30.1 Å². The highest BCUT2D eigenvalue weighted by atomic mass is 16.5. The number of rotatable bonds is 2. The second kappa shape index (κ2) is 5.72. The lowest BCUT2D eigenvalue weighted by Gasteiger charge is -2.28. The van der Waals surface area contributed by atoms with Crippen molar-refractivity contribution in [3.63, 3.8) is 0 Å². The summed E-state index contributed by atoms with van der Waals surface area (Å²) in [6.45, 7) is 9.34. The monoisotopic (exact) mass is 301 g/mol. The minimum Gasteiger partial charge on any atom is -0.378 e. The Bertz CT molecular complexity index is 679. The molecule has 2 aromatic rings. The Hall–Kier alpha value is -1.88. The fourth-order valence-corrected chi connectivity index (χ4v) is 2.86. The summed E-state index contributed by atoms with van der Waals surface area (Å²) in [7, 11) is 0. The number of aromatic nitrogens is 2. The van der Waals surface area contributed by atoms with Gasteiger partial charge in [-0.1, -0.05) is 32.9 Å². The van der Waals surface area contributed by atoms with Gasteiger partial charge in [0, 0.05) is 18.5 Å². The topological polar surface area (TPSA) is 47.4 Å². The minimum absolute atomic E-state index is 0.107. The third kappa shape index (κ3) is 2.86. The summed E-state index contributed by atoms with van der Waals surface area (Å²) in [5.74, 6) is 1.09. The van der Waals surface area contributed by atoms with Crippen LogP contribution in [0.25, 0.3) is 11.0 Å². The van der Waals surface area contributed by atoms with E-state index in [1.54, 1.807) is 0 Å². The van der Waals surface area contributed by atoms with E-state index in [-0.39, 0.29) is 11.3 Å². The molecule has 1 aliphatic rings. The molecule has 1 aliphatic heterocycles. The maximum Gasteiger partial charge on any atom is 0.242 e. The van der Waals surface area contributed by atoms with Gasteiger partial charge >= 0.3 is 0 Å². The van der Waals surface area contributed by atoms with Crippen LogP contribution in [0.1, 0.15) is 26.6 Å². The molecule has 1 aromatic heterocycles. The smallest absolute Gasteiger partial charge is 0.242 e. The standard InChI is InChI=1S/C17H23N3O2/c1-17(2,3)16-18-13-6-4-5-7-14(13)20(16)12-15(21)19-8-10-22-11-9-19/h4-7H,8-12H2,1-3H3. The number of carbonyl (C=O) groups is 1. The number of hydrogen-bond donors (Lipinski definition) is 0. The van der Waals surface area contributed by atoms with E-state index in [0.29, 0.717) is 32.8 Å². The molecule has 2 heterocycles. The van der Waals surface area contributed by atoms with E-state index in [2.05, 4.69) is 25.3 Å². The predicted octanol–water partition coefficient (Wildman–Crippen LogP) is 2.19. The first-order chi connectivity index (χ1) is 10.5. The Morgan fingerprint density at radius 1 is 1.23 bits per heavy atom. The van der Waals surface area contributed by atoms with Crippen molar-refractivity contribution >= 4 is 16.9 Å². The largest absolute Gasteiger partial charge is 0.378 e. The molecular formula is C17H23N3O2. The molecule has 0 N–H and O–H groups in total. The third-order valence-electron chi connectivity index (χ3n) is 3.98. The Balaban J connectivity index is 1.96. The minimum atomic E-state index is -0.107. The Kier molecular flexibility index (Phi) is 3.91. The van der Waals surface area contributed by atoms with Gasteiger partial charge in [0.2, 0.25) is 5.91 Å². The average Bonchev–Trinajstić information content (AvgIpc) is 2.87. The Morgan fingerprint density at radius 3 is 2.59 bits per heavy atom. The average molecular weight is 301 g/mol. The zero-order valence-electron chi connectivity index (χ0n) is 13.5. The first-order valence-corrected chi connectivity index (χ1v) is 7.78. The van der Waals surface area contributed by atoms with Gasteiger partial charge in [-0.15, -0.1) is 0 Å². The summed E-state index contributed by atoms with van der Waals surface area (Å²) in [5.41, 5.74) is 1.86. The molecule has 1 fully saturated rings. The van der Waals surface area contributed by atoms with Crippen molar-refractivity contribution in [2.24, 2.45) is 0 Å².